The third-order valence-corrected chi connectivity index (χ3v) is 4.96. The number of methoxy groups -OCH3 is 1. The van der Waals surface area contributed by atoms with Gasteiger partial charge >= 0.3 is 0 Å². The van der Waals surface area contributed by atoms with Gasteiger partial charge in [-0.25, -0.2) is 0 Å². The smallest absolute Gasteiger partial charge is 0.191 e. The Balaban J connectivity index is 1.69. The fourth-order valence-corrected chi connectivity index (χ4v) is 3.47. The molecule has 2 aliphatic rings. The number of likely N-dealkylation sites (N-methyl/N-ethyl adjacent to an activating group) is 1. The molecule has 4 rings (SSSR count). The molecule has 1 aromatic carbocycles. The van der Waals surface area contributed by atoms with E-state index >= 15 is 0 Å². The fourth-order valence-electron chi connectivity index (χ4n) is 3.47. The molecule has 1 N–H and O–H groups in total. The van der Waals surface area contributed by atoms with E-state index in [0.29, 0.717) is 42.6 Å². The molecule has 0 bridgehead atoms. The Hall–Kier alpha value is -3.39. The lowest BCUT2D eigenvalue weighted by Gasteiger charge is -2.32. The lowest BCUT2D eigenvalue weighted by molar-refractivity contribution is 0.104. The van der Waals surface area contributed by atoms with Gasteiger partial charge in [-0.3, -0.25) is 14.8 Å². The molecule has 0 saturated carbocycles. The molecule has 0 aliphatic carbocycles. The van der Waals surface area contributed by atoms with E-state index in [2.05, 4.69) is 20.2 Å². The van der Waals surface area contributed by atoms with Crippen LogP contribution in [0, 0.1) is 0 Å². The van der Waals surface area contributed by atoms with Crippen LogP contribution in [0.15, 0.2) is 53.5 Å². The largest absolute Gasteiger partial charge is 0.491 e. The number of rotatable bonds is 7. The van der Waals surface area contributed by atoms with E-state index in [0.717, 1.165) is 23.6 Å². The van der Waals surface area contributed by atoms with E-state index in [1.165, 1.54) is 0 Å². The highest BCUT2D eigenvalue weighted by Gasteiger charge is 2.33. The number of amidine groups is 1. The average Bonchev–Trinajstić information content (AvgIpc) is 3.24. The number of ether oxygens (including phenoxy) is 2. The standard InChI is InChI=1S/C22H25N5O3/c1-26(2)11-12-30-18-7-6-16-20(21(18)29-3)25-19(27-10-9-24-22(16)27)13-17(28)15-5-4-8-23-14-15/h4-8,13-14,25H,9-12H2,1-3H3/b19-13+. The number of allylic oxidation sites excluding steroid dienone is 1. The summed E-state index contributed by atoms with van der Waals surface area (Å²) in [7, 11) is 5.61. The molecule has 156 valence electrons. The van der Waals surface area contributed by atoms with Crippen molar-refractivity contribution in [2.24, 2.45) is 4.99 Å². The maximum absolute atomic E-state index is 12.8. The van der Waals surface area contributed by atoms with Gasteiger partial charge in [-0.2, -0.15) is 0 Å². The van der Waals surface area contributed by atoms with Gasteiger partial charge in [0, 0.05) is 42.7 Å². The summed E-state index contributed by atoms with van der Waals surface area (Å²) in [5.74, 6) is 2.61. The Kier molecular flexibility index (Phi) is 5.67. The molecular formula is C22H25N5O3. The van der Waals surface area contributed by atoms with Crippen LogP contribution in [0.1, 0.15) is 15.9 Å². The lowest BCUT2D eigenvalue weighted by atomic mass is 10.1. The number of pyridine rings is 1. The average molecular weight is 407 g/mol. The number of hydrogen-bond acceptors (Lipinski definition) is 8. The molecule has 0 atom stereocenters. The van der Waals surface area contributed by atoms with Crippen molar-refractivity contribution in [2.75, 3.05) is 52.8 Å². The molecular weight excluding hydrogens is 382 g/mol. The number of benzene rings is 1. The number of nitrogens with one attached hydrogen (secondary N) is 1. The molecule has 0 fully saturated rings. The van der Waals surface area contributed by atoms with Crippen molar-refractivity contribution in [3.63, 3.8) is 0 Å². The number of carbonyl (C=O) groups excluding carboxylic acids is 1. The summed E-state index contributed by atoms with van der Waals surface area (Å²) >= 11 is 0. The number of hydrogen-bond donors (Lipinski definition) is 1. The lowest BCUT2D eigenvalue weighted by Crippen LogP contribution is -2.36. The minimum atomic E-state index is -0.127. The fraction of sp³-hybridized carbons (Fsp3) is 0.318. The minimum absolute atomic E-state index is 0.127. The molecule has 0 amide bonds. The van der Waals surface area contributed by atoms with Gasteiger partial charge in [0.15, 0.2) is 17.3 Å². The summed E-state index contributed by atoms with van der Waals surface area (Å²) in [6.45, 7) is 2.70. The molecule has 0 radical (unpaired) electrons. The van der Waals surface area contributed by atoms with E-state index < -0.39 is 0 Å². The first-order valence-electron chi connectivity index (χ1n) is 9.82. The highest BCUT2D eigenvalue weighted by Crippen LogP contribution is 2.42. The van der Waals surface area contributed by atoms with Crippen molar-refractivity contribution >= 4 is 17.3 Å². The molecule has 8 heteroatoms. The van der Waals surface area contributed by atoms with Crippen LogP contribution in [0.25, 0.3) is 0 Å². The molecule has 0 saturated heterocycles. The van der Waals surface area contributed by atoms with E-state index in [1.807, 2.05) is 31.1 Å². The summed E-state index contributed by atoms with van der Waals surface area (Å²) in [5, 5.41) is 3.38. The quantitative estimate of drug-likeness (QED) is 0.557. The van der Waals surface area contributed by atoms with Crippen molar-refractivity contribution < 1.29 is 14.3 Å². The Morgan fingerprint density at radius 3 is 2.93 bits per heavy atom. The summed E-state index contributed by atoms with van der Waals surface area (Å²) < 4.78 is 11.6. The molecule has 0 unspecified atom stereocenters. The second-order valence-corrected chi connectivity index (χ2v) is 7.29. The molecule has 2 aromatic rings. The van der Waals surface area contributed by atoms with Crippen molar-refractivity contribution in [2.45, 2.75) is 0 Å². The second-order valence-electron chi connectivity index (χ2n) is 7.29. The van der Waals surface area contributed by atoms with Crippen molar-refractivity contribution in [3.05, 3.63) is 59.7 Å². The summed E-state index contributed by atoms with van der Waals surface area (Å²) in [6.07, 6.45) is 4.79. The topological polar surface area (TPSA) is 79.3 Å². The molecule has 3 heterocycles. The molecule has 0 spiro atoms. The molecule has 1 aromatic heterocycles. The number of nitrogens with zero attached hydrogens (tertiary/aromatic N) is 4. The minimum Gasteiger partial charge on any atom is -0.491 e. The SMILES string of the molecule is COc1c(OCCN(C)C)ccc2c1N/C(=C\C(=O)c1cccnc1)N1CCN=C21. The van der Waals surface area contributed by atoms with Crippen LogP contribution < -0.4 is 14.8 Å². The van der Waals surface area contributed by atoms with Crippen LogP contribution >= 0.6 is 0 Å². The van der Waals surface area contributed by atoms with Gasteiger partial charge in [-0.15, -0.1) is 0 Å². The normalized spacial score (nSPS) is 16.1. The zero-order valence-corrected chi connectivity index (χ0v) is 17.4. The van der Waals surface area contributed by atoms with Crippen LogP contribution in [0.5, 0.6) is 11.5 Å². The Labute approximate surface area is 175 Å². The molecule has 30 heavy (non-hydrogen) atoms. The number of carbonyl (C=O) groups is 1. The van der Waals surface area contributed by atoms with Gasteiger partial charge in [-0.1, -0.05) is 0 Å². The van der Waals surface area contributed by atoms with Gasteiger partial charge < -0.3 is 24.6 Å². The van der Waals surface area contributed by atoms with Gasteiger partial charge in [0.2, 0.25) is 0 Å². The summed E-state index contributed by atoms with van der Waals surface area (Å²) in [6, 6.07) is 7.38. The van der Waals surface area contributed by atoms with Crippen LogP contribution in [0.3, 0.4) is 0 Å². The highest BCUT2D eigenvalue weighted by molar-refractivity contribution is 6.11. The van der Waals surface area contributed by atoms with Crippen molar-refractivity contribution in [1.29, 1.82) is 0 Å². The van der Waals surface area contributed by atoms with Gasteiger partial charge in [0.25, 0.3) is 0 Å². The monoisotopic (exact) mass is 407 g/mol. The van der Waals surface area contributed by atoms with E-state index in [-0.39, 0.29) is 5.78 Å². The van der Waals surface area contributed by atoms with Crippen molar-refractivity contribution in [1.82, 2.24) is 14.8 Å². The Morgan fingerprint density at radius 1 is 1.33 bits per heavy atom. The van der Waals surface area contributed by atoms with Crippen molar-refractivity contribution in [3.8, 4) is 11.5 Å². The first-order valence-corrected chi connectivity index (χ1v) is 9.82. The third-order valence-electron chi connectivity index (χ3n) is 4.96. The number of anilines is 1. The van der Waals surface area contributed by atoms with Crippen LogP contribution in [0.4, 0.5) is 5.69 Å². The molecule has 2 aliphatic heterocycles. The zero-order chi connectivity index (χ0) is 21.1. The predicted molar refractivity (Wildman–Crippen MR) is 115 cm³/mol. The Morgan fingerprint density at radius 2 is 2.20 bits per heavy atom. The predicted octanol–water partition coefficient (Wildman–Crippen LogP) is 2.24. The van der Waals surface area contributed by atoms with Gasteiger partial charge in [0.1, 0.15) is 18.3 Å². The number of aliphatic imine (C=N–C) groups is 1. The summed E-state index contributed by atoms with van der Waals surface area (Å²) in [4.78, 5) is 25.5. The van der Waals surface area contributed by atoms with Gasteiger partial charge in [0.05, 0.1) is 19.3 Å². The maximum Gasteiger partial charge on any atom is 0.191 e. The molecule has 8 nitrogen and oxygen atoms in total. The first-order chi connectivity index (χ1) is 14.6. The van der Waals surface area contributed by atoms with Crippen LogP contribution in [0.2, 0.25) is 0 Å². The number of ketones is 1. The van der Waals surface area contributed by atoms with E-state index in [9.17, 15) is 4.79 Å². The Bertz CT molecular complexity index is 1000. The summed E-state index contributed by atoms with van der Waals surface area (Å²) in [5.41, 5.74) is 2.21. The van der Waals surface area contributed by atoms with Crippen LogP contribution in [-0.4, -0.2) is 73.8 Å². The number of aromatic nitrogens is 1. The first kappa shape index (κ1) is 19.9. The highest BCUT2D eigenvalue weighted by atomic mass is 16.5. The van der Waals surface area contributed by atoms with Crippen LogP contribution in [-0.2, 0) is 0 Å². The van der Waals surface area contributed by atoms with E-state index in [1.54, 1.807) is 37.7 Å². The maximum atomic E-state index is 12.8. The second kappa shape index (κ2) is 8.54. The van der Waals surface area contributed by atoms with E-state index in [4.69, 9.17) is 9.47 Å². The zero-order valence-electron chi connectivity index (χ0n) is 17.4. The number of fused-ring (bicyclic) bond motifs is 3. The van der Waals surface area contributed by atoms with Gasteiger partial charge in [-0.05, 0) is 38.4 Å². The third kappa shape index (κ3) is 3.86.